The van der Waals surface area contributed by atoms with Crippen LogP contribution in [0.2, 0.25) is 0 Å². The molecule has 2 amide bonds. The summed E-state index contributed by atoms with van der Waals surface area (Å²) in [6, 6.07) is 13.1. The molecule has 1 fully saturated rings. The standard InChI is InChI=1S/C21H25N3O5S/c1-2-29-18-10-6-16(7-11-18)21(26)23-22-20(25)14-5-15-3-12-19(13-4-15)30(27,28)24-17-8-9-17/h3-4,6-7,10-13,17,24H,2,5,8-9,14H2,1H3,(H,22,25)(H,23,26). The minimum absolute atomic E-state index is 0.0520. The molecule has 160 valence electrons. The number of hydrogen-bond donors (Lipinski definition) is 3. The van der Waals surface area contributed by atoms with E-state index in [2.05, 4.69) is 15.6 Å². The van der Waals surface area contributed by atoms with E-state index in [4.69, 9.17) is 4.74 Å². The van der Waals surface area contributed by atoms with Gasteiger partial charge >= 0.3 is 0 Å². The van der Waals surface area contributed by atoms with Crippen LogP contribution in [0.25, 0.3) is 0 Å². The number of benzene rings is 2. The Morgan fingerprint density at radius 3 is 2.27 bits per heavy atom. The van der Waals surface area contributed by atoms with Crippen molar-refractivity contribution in [1.29, 1.82) is 0 Å². The Labute approximate surface area is 176 Å². The molecule has 0 spiro atoms. The van der Waals surface area contributed by atoms with Gasteiger partial charge < -0.3 is 4.74 Å². The molecule has 0 aliphatic heterocycles. The van der Waals surface area contributed by atoms with Crippen molar-refractivity contribution in [1.82, 2.24) is 15.6 Å². The largest absolute Gasteiger partial charge is 0.494 e. The molecule has 0 saturated heterocycles. The lowest BCUT2D eigenvalue weighted by atomic mass is 10.1. The van der Waals surface area contributed by atoms with Crippen LogP contribution in [0.5, 0.6) is 5.75 Å². The summed E-state index contributed by atoms with van der Waals surface area (Å²) < 4.78 is 32.3. The Morgan fingerprint density at radius 2 is 1.67 bits per heavy atom. The van der Waals surface area contributed by atoms with E-state index < -0.39 is 15.9 Å². The average molecular weight is 432 g/mol. The number of amides is 2. The van der Waals surface area contributed by atoms with Crippen molar-refractivity contribution in [2.75, 3.05) is 6.61 Å². The second kappa shape index (κ2) is 9.73. The van der Waals surface area contributed by atoms with Crippen LogP contribution >= 0.6 is 0 Å². The number of carbonyl (C=O) groups excluding carboxylic acids is 2. The molecule has 0 atom stereocenters. The van der Waals surface area contributed by atoms with Gasteiger partial charge in [0.25, 0.3) is 5.91 Å². The highest BCUT2D eigenvalue weighted by atomic mass is 32.2. The van der Waals surface area contributed by atoms with Crippen molar-refractivity contribution < 1.29 is 22.7 Å². The summed E-state index contributed by atoms with van der Waals surface area (Å²) >= 11 is 0. The third-order valence-electron chi connectivity index (χ3n) is 4.52. The zero-order chi connectivity index (χ0) is 21.6. The zero-order valence-corrected chi connectivity index (χ0v) is 17.5. The second-order valence-corrected chi connectivity index (χ2v) is 8.71. The fraction of sp³-hybridized carbons (Fsp3) is 0.333. The molecular weight excluding hydrogens is 406 g/mol. The molecule has 30 heavy (non-hydrogen) atoms. The summed E-state index contributed by atoms with van der Waals surface area (Å²) in [7, 11) is -3.48. The maximum Gasteiger partial charge on any atom is 0.269 e. The summed E-state index contributed by atoms with van der Waals surface area (Å²) in [5.74, 6) is -0.106. The predicted octanol–water partition coefficient (Wildman–Crippen LogP) is 1.92. The van der Waals surface area contributed by atoms with E-state index in [1.807, 2.05) is 6.92 Å². The van der Waals surface area contributed by atoms with Gasteiger partial charge in [-0.15, -0.1) is 0 Å². The van der Waals surface area contributed by atoms with Gasteiger partial charge in [0.2, 0.25) is 15.9 Å². The third kappa shape index (κ3) is 6.30. The van der Waals surface area contributed by atoms with Gasteiger partial charge in [-0.2, -0.15) is 0 Å². The smallest absolute Gasteiger partial charge is 0.269 e. The molecule has 9 heteroatoms. The van der Waals surface area contributed by atoms with Crippen LogP contribution < -0.4 is 20.3 Å². The first kappa shape index (κ1) is 21.8. The Morgan fingerprint density at radius 1 is 1.00 bits per heavy atom. The topological polar surface area (TPSA) is 114 Å². The van der Waals surface area contributed by atoms with Crippen LogP contribution in [0, 0.1) is 0 Å². The van der Waals surface area contributed by atoms with Gasteiger partial charge in [-0.3, -0.25) is 20.4 Å². The number of hydrogen-bond acceptors (Lipinski definition) is 5. The first-order chi connectivity index (χ1) is 14.4. The van der Waals surface area contributed by atoms with Crippen LogP contribution in [0.1, 0.15) is 42.1 Å². The molecule has 2 aromatic rings. The third-order valence-corrected chi connectivity index (χ3v) is 6.05. The van der Waals surface area contributed by atoms with Crippen molar-refractivity contribution >= 4 is 21.8 Å². The number of sulfonamides is 1. The minimum atomic E-state index is -3.48. The van der Waals surface area contributed by atoms with Gasteiger partial charge in [0.05, 0.1) is 11.5 Å². The van der Waals surface area contributed by atoms with Gasteiger partial charge in [0.15, 0.2) is 0 Å². The second-order valence-electron chi connectivity index (χ2n) is 7.00. The number of carbonyl (C=O) groups is 2. The maximum absolute atomic E-state index is 12.2. The number of nitrogens with one attached hydrogen (secondary N) is 3. The van der Waals surface area contributed by atoms with Crippen molar-refractivity contribution in [3.8, 4) is 5.75 Å². The molecule has 1 aliphatic rings. The maximum atomic E-state index is 12.2. The lowest BCUT2D eigenvalue weighted by molar-refractivity contribution is -0.121. The molecular formula is C21H25N3O5S. The highest BCUT2D eigenvalue weighted by molar-refractivity contribution is 7.89. The molecule has 8 nitrogen and oxygen atoms in total. The Hall–Kier alpha value is -2.91. The SMILES string of the molecule is CCOc1ccc(C(=O)NNC(=O)CCc2ccc(S(=O)(=O)NC3CC3)cc2)cc1. The van der Waals surface area contributed by atoms with Gasteiger partial charge in [-0.1, -0.05) is 12.1 Å². The molecule has 1 aliphatic carbocycles. The highest BCUT2D eigenvalue weighted by Gasteiger charge is 2.27. The highest BCUT2D eigenvalue weighted by Crippen LogP contribution is 2.22. The molecule has 3 rings (SSSR count). The molecule has 0 unspecified atom stereocenters. The molecule has 0 heterocycles. The van der Waals surface area contributed by atoms with Gasteiger partial charge in [-0.25, -0.2) is 13.1 Å². The monoisotopic (exact) mass is 431 g/mol. The predicted molar refractivity (Wildman–Crippen MR) is 111 cm³/mol. The molecule has 0 bridgehead atoms. The number of ether oxygens (including phenoxy) is 1. The molecule has 0 radical (unpaired) electrons. The molecule has 2 aromatic carbocycles. The number of hydrazine groups is 1. The summed E-state index contributed by atoms with van der Waals surface area (Å²) in [5.41, 5.74) is 5.98. The normalized spacial score (nSPS) is 13.5. The quantitative estimate of drug-likeness (QED) is 0.525. The molecule has 3 N–H and O–H groups in total. The van der Waals surface area contributed by atoms with E-state index in [-0.39, 0.29) is 23.3 Å². The lowest BCUT2D eigenvalue weighted by Gasteiger charge is -2.09. The van der Waals surface area contributed by atoms with Crippen molar-refractivity contribution in [3.05, 3.63) is 59.7 Å². The summed E-state index contributed by atoms with van der Waals surface area (Å²) in [4.78, 5) is 24.3. The van der Waals surface area contributed by atoms with Crippen LogP contribution in [0.15, 0.2) is 53.4 Å². The summed E-state index contributed by atoms with van der Waals surface area (Å²) in [6.45, 7) is 2.41. The fourth-order valence-corrected chi connectivity index (χ4v) is 4.02. The number of aryl methyl sites for hydroxylation is 1. The van der Waals surface area contributed by atoms with E-state index >= 15 is 0 Å². The van der Waals surface area contributed by atoms with E-state index in [0.29, 0.717) is 24.3 Å². The Bertz CT molecular complexity index is 984. The average Bonchev–Trinajstić information content (AvgIpc) is 3.55. The lowest BCUT2D eigenvalue weighted by Crippen LogP contribution is -2.41. The van der Waals surface area contributed by atoms with E-state index in [9.17, 15) is 18.0 Å². The fourth-order valence-electron chi connectivity index (χ4n) is 2.71. The van der Waals surface area contributed by atoms with Crippen LogP contribution in [-0.2, 0) is 21.2 Å². The van der Waals surface area contributed by atoms with E-state index in [0.717, 1.165) is 18.4 Å². The minimum Gasteiger partial charge on any atom is -0.494 e. The number of rotatable bonds is 9. The Balaban J connectivity index is 1.43. The Kier molecular flexibility index (Phi) is 7.07. The first-order valence-corrected chi connectivity index (χ1v) is 11.3. The van der Waals surface area contributed by atoms with Crippen molar-refractivity contribution in [2.45, 2.75) is 43.5 Å². The van der Waals surface area contributed by atoms with Gasteiger partial charge in [-0.05, 0) is 68.1 Å². The summed E-state index contributed by atoms with van der Waals surface area (Å²) in [6.07, 6.45) is 2.32. The molecule has 1 saturated carbocycles. The van der Waals surface area contributed by atoms with Crippen LogP contribution in [-0.4, -0.2) is 32.9 Å². The zero-order valence-electron chi connectivity index (χ0n) is 16.7. The van der Waals surface area contributed by atoms with E-state index in [1.54, 1.807) is 36.4 Å². The van der Waals surface area contributed by atoms with Crippen LogP contribution in [0.3, 0.4) is 0 Å². The van der Waals surface area contributed by atoms with Crippen LogP contribution in [0.4, 0.5) is 0 Å². The summed E-state index contributed by atoms with van der Waals surface area (Å²) in [5, 5.41) is 0. The first-order valence-electron chi connectivity index (χ1n) is 9.80. The van der Waals surface area contributed by atoms with Gasteiger partial charge in [0.1, 0.15) is 5.75 Å². The van der Waals surface area contributed by atoms with Crippen molar-refractivity contribution in [2.24, 2.45) is 0 Å². The molecule has 0 aromatic heterocycles. The van der Waals surface area contributed by atoms with Gasteiger partial charge in [0, 0.05) is 18.0 Å². The van der Waals surface area contributed by atoms with Crippen molar-refractivity contribution in [3.63, 3.8) is 0 Å². The van der Waals surface area contributed by atoms with E-state index in [1.165, 1.54) is 12.1 Å².